The first-order chi connectivity index (χ1) is 17.7. The number of aromatic nitrogens is 3. The minimum Gasteiger partial charge on any atom is -0.465 e. The number of nitrogens with one attached hydrogen (secondary N) is 1. The van der Waals surface area contributed by atoms with Crippen LogP contribution in [0.15, 0.2) is 24.5 Å². The molecule has 1 saturated carbocycles. The van der Waals surface area contributed by atoms with E-state index in [1.807, 2.05) is 13.0 Å². The average Bonchev–Trinajstić information content (AvgIpc) is 3.06. The highest BCUT2D eigenvalue weighted by Gasteiger charge is 2.38. The standard InChI is InChI=1S/C27H36F3N5O2/c1-18(27(28,29)30)37-26-8-5-22-10-13-35(14-11-24(22)34-26)12-9-20-3-6-23(7-4-20)33-25(36)15-21-16-31-19(2)32-17-21/h5,8,16-18,20,23H,3-4,6-7,9-15H2,1-2H3,(H,33,36)/t18-,20?,23?/m1/s1. The summed E-state index contributed by atoms with van der Waals surface area (Å²) < 4.78 is 43.5. The number of ether oxygens (including phenoxy) is 1. The zero-order chi connectivity index (χ0) is 26.4. The van der Waals surface area contributed by atoms with Crippen molar-refractivity contribution in [3.8, 4) is 5.88 Å². The summed E-state index contributed by atoms with van der Waals surface area (Å²) in [6.45, 7) is 5.57. The maximum absolute atomic E-state index is 12.8. The molecule has 0 unspecified atom stereocenters. The molecule has 0 bridgehead atoms. The van der Waals surface area contributed by atoms with E-state index < -0.39 is 12.3 Å². The van der Waals surface area contributed by atoms with Gasteiger partial charge in [0.25, 0.3) is 0 Å². The number of hydrogen-bond acceptors (Lipinski definition) is 6. The molecule has 37 heavy (non-hydrogen) atoms. The highest BCUT2D eigenvalue weighted by atomic mass is 19.4. The normalized spacial score (nSPS) is 21.5. The third-order valence-corrected chi connectivity index (χ3v) is 7.43. The van der Waals surface area contributed by atoms with Crippen LogP contribution in [0.4, 0.5) is 13.2 Å². The van der Waals surface area contributed by atoms with Crippen molar-refractivity contribution >= 4 is 5.91 Å². The minimum atomic E-state index is -4.41. The van der Waals surface area contributed by atoms with Crippen molar-refractivity contribution in [1.29, 1.82) is 0 Å². The van der Waals surface area contributed by atoms with Crippen LogP contribution >= 0.6 is 0 Å². The average molecular weight is 520 g/mol. The van der Waals surface area contributed by atoms with Gasteiger partial charge in [-0.15, -0.1) is 0 Å². The molecule has 202 valence electrons. The van der Waals surface area contributed by atoms with Gasteiger partial charge in [-0.1, -0.05) is 6.07 Å². The van der Waals surface area contributed by atoms with Crippen LogP contribution in [0, 0.1) is 12.8 Å². The van der Waals surface area contributed by atoms with Crippen molar-refractivity contribution in [3.05, 3.63) is 47.2 Å². The monoisotopic (exact) mass is 519 g/mol. The predicted octanol–water partition coefficient (Wildman–Crippen LogP) is 4.22. The van der Waals surface area contributed by atoms with E-state index in [1.54, 1.807) is 18.5 Å². The van der Waals surface area contributed by atoms with Gasteiger partial charge in [0.1, 0.15) is 5.82 Å². The first-order valence-corrected chi connectivity index (χ1v) is 13.2. The molecule has 0 spiro atoms. The molecule has 1 aliphatic carbocycles. The maximum Gasteiger partial charge on any atom is 0.425 e. The van der Waals surface area contributed by atoms with E-state index in [1.165, 1.54) is 0 Å². The Labute approximate surface area is 216 Å². The highest BCUT2D eigenvalue weighted by molar-refractivity contribution is 5.78. The lowest BCUT2D eigenvalue weighted by Crippen LogP contribution is -2.39. The number of halogens is 3. The van der Waals surface area contributed by atoms with Gasteiger partial charge in [-0.25, -0.2) is 15.0 Å². The third-order valence-electron chi connectivity index (χ3n) is 7.43. The molecule has 2 aliphatic rings. The first-order valence-electron chi connectivity index (χ1n) is 13.2. The molecule has 1 fully saturated rings. The van der Waals surface area contributed by atoms with Crippen LogP contribution in [-0.2, 0) is 24.1 Å². The van der Waals surface area contributed by atoms with E-state index in [4.69, 9.17) is 4.74 Å². The van der Waals surface area contributed by atoms with E-state index >= 15 is 0 Å². The van der Waals surface area contributed by atoms with Gasteiger partial charge in [-0.2, -0.15) is 13.2 Å². The molecule has 1 atom stereocenters. The van der Waals surface area contributed by atoms with Gasteiger partial charge in [0.2, 0.25) is 11.8 Å². The second-order valence-corrected chi connectivity index (χ2v) is 10.3. The van der Waals surface area contributed by atoms with E-state index in [0.717, 1.165) is 81.9 Å². The van der Waals surface area contributed by atoms with Gasteiger partial charge in [-0.05, 0) is 76.0 Å². The summed E-state index contributed by atoms with van der Waals surface area (Å²) in [6, 6.07) is 3.62. The van der Waals surface area contributed by atoms with Gasteiger partial charge in [0.15, 0.2) is 6.10 Å². The van der Waals surface area contributed by atoms with Gasteiger partial charge < -0.3 is 15.0 Å². The molecule has 7 nitrogen and oxygen atoms in total. The topological polar surface area (TPSA) is 80.2 Å². The molecule has 1 aliphatic heterocycles. The fourth-order valence-electron chi connectivity index (χ4n) is 5.08. The fourth-order valence-corrected chi connectivity index (χ4v) is 5.08. The molecular formula is C27H36F3N5O2. The van der Waals surface area contributed by atoms with Gasteiger partial charge >= 0.3 is 6.18 Å². The van der Waals surface area contributed by atoms with Crippen molar-refractivity contribution in [2.24, 2.45) is 5.92 Å². The molecule has 0 aromatic carbocycles. The second kappa shape index (κ2) is 12.2. The van der Waals surface area contributed by atoms with Crippen LogP contribution in [0.5, 0.6) is 5.88 Å². The molecule has 4 rings (SSSR count). The summed E-state index contributed by atoms with van der Waals surface area (Å²) in [5, 5.41) is 3.17. The SMILES string of the molecule is Cc1ncc(CC(=O)NC2CCC(CCN3CCc4ccc(O[C@H](C)C(F)(F)F)nc4CC3)CC2)cn1. The summed E-state index contributed by atoms with van der Waals surface area (Å²) in [5.41, 5.74) is 2.75. The lowest BCUT2D eigenvalue weighted by atomic mass is 9.84. The van der Waals surface area contributed by atoms with Crippen molar-refractivity contribution < 1.29 is 22.7 Å². The van der Waals surface area contributed by atoms with Gasteiger partial charge in [0.05, 0.1) is 6.42 Å². The summed E-state index contributed by atoms with van der Waals surface area (Å²) in [4.78, 5) is 27.5. The number of fused-ring (bicyclic) bond motifs is 1. The Hall–Kier alpha value is -2.75. The summed E-state index contributed by atoms with van der Waals surface area (Å²) in [7, 11) is 0. The Morgan fingerprint density at radius 3 is 2.54 bits per heavy atom. The Morgan fingerprint density at radius 2 is 1.84 bits per heavy atom. The number of hydrogen-bond donors (Lipinski definition) is 1. The molecule has 3 heterocycles. The van der Waals surface area contributed by atoms with Crippen molar-refractivity contribution in [2.45, 2.75) is 83.5 Å². The Kier molecular flexibility index (Phi) is 9.00. The van der Waals surface area contributed by atoms with Gasteiger partial charge in [0, 0.05) is 49.7 Å². The van der Waals surface area contributed by atoms with E-state index in [2.05, 4.69) is 25.2 Å². The number of aryl methyl sites for hydroxylation is 1. The van der Waals surface area contributed by atoms with Crippen LogP contribution in [0.25, 0.3) is 0 Å². The molecule has 2 aromatic rings. The summed E-state index contributed by atoms with van der Waals surface area (Å²) in [5.74, 6) is 1.40. The predicted molar refractivity (Wildman–Crippen MR) is 133 cm³/mol. The maximum atomic E-state index is 12.8. The van der Waals surface area contributed by atoms with E-state index in [-0.39, 0.29) is 17.8 Å². The Balaban J connectivity index is 1.17. The summed E-state index contributed by atoms with van der Waals surface area (Å²) >= 11 is 0. The van der Waals surface area contributed by atoms with Crippen LogP contribution in [0.1, 0.15) is 61.7 Å². The number of nitrogens with zero attached hydrogens (tertiary/aromatic N) is 4. The lowest BCUT2D eigenvalue weighted by molar-refractivity contribution is -0.190. The number of carbonyl (C=O) groups is 1. The largest absolute Gasteiger partial charge is 0.465 e. The van der Waals surface area contributed by atoms with E-state index in [0.29, 0.717) is 24.6 Å². The highest BCUT2D eigenvalue weighted by Crippen LogP contribution is 2.28. The van der Waals surface area contributed by atoms with Crippen LogP contribution < -0.4 is 10.1 Å². The smallest absolute Gasteiger partial charge is 0.425 e. The first kappa shape index (κ1) is 27.3. The van der Waals surface area contributed by atoms with E-state index in [9.17, 15) is 18.0 Å². The zero-order valence-corrected chi connectivity index (χ0v) is 21.6. The quantitative estimate of drug-likeness (QED) is 0.563. The molecule has 1 N–H and O–H groups in total. The molecule has 1 amide bonds. The number of pyridine rings is 1. The molecule has 0 radical (unpaired) electrons. The minimum absolute atomic E-state index is 0.0232. The molecule has 2 aromatic heterocycles. The van der Waals surface area contributed by atoms with Crippen LogP contribution in [-0.4, -0.2) is 63.7 Å². The number of amides is 1. The van der Waals surface area contributed by atoms with Crippen molar-refractivity contribution in [3.63, 3.8) is 0 Å². The third kappa shape index (κ3) is 8.12. The number of alkyl halides is 3. The molecule has 0 saturated heterocycles. The Bertz CT molecular complexity index is 1040. The van der Waals surface area contributed by atoms with Crippen molar-refractivity contribution in [2.75, 3.05) is 19.6 Å². The lowest BCUT2D eigenvalue weighted by Gasteiger charge is -2.30. The van der Waals surface area contributed by atoms with Crippen LogP contribution in [0.3, 0.4) is 0 Å². The van der Waals surface area contributed by atoms with Crippen molar-refractivity contribution in [1.82, 2.24) is 25.2 Å². The molecule has 10 heteroatoms. The fraction of sp³-hybridized carbons (Fsp3) is 0.630. The number of rotatable bonds is 8. The van der Waals surface area contributed by atoms with Crippen LogP contribution in [0.2, 0.25) is 0 Å². The number of carbonyl (C=O) groups excluding carboxylic acids is 1. The zero-order valence-electron chi connectivity index (χ0n) is 21.6. The second-order valence-electron chi connectivity index (χ2n) is 10.3. The molecular weight excluding hydrogens is 483 g/mol. The van der Waals surface area contributed by atoms with Gasteiger partial charge in [-0.3, -0.25) is 4.79 Å². The Morgan fingerprint density at radius 1 is 1.14 bits per heavy atom. The summed E-state index contributed by atoms with van der Waals surface area (Å²) in [6.07, 6.45) is 4.28.